The molecule has 2 aromatic heterocycles. The largest absolute Gasteiger partial charge is 0.281 e. The van der Waals surface area contributed by atoms with Crippen LogP contribution in [-0.2, 0) is 4.79 Å². The van der Waals surface area contributed by atoms with Crippen LogP contribution in [0.3, 0.4) is 0 Å². The Bertz CT molecular complexity index is 974. The van der Waals surface area contributed by atoms with E-state index in [0.717, 1.165) is 36.8 Å². The van der Waals surface area contributed by atoms with Crippen molar-refractivity contribution in [3.05, 3.63) is 41.9 Å². The summed E-state index contributed by atoms with van der Waals surface area (Å²) in [4.78, 5) is 21.0. The van der Waals surface area contributed by atoms with Crippen molar-refractivity contribution in [3.8, 4) is 5.69 Å². The van der Waals surface area contributed by atoms with Gasteiger partial charge in [-0.3, -0.25) is 15.6 Å². The van der Waals surface area contributed by atoms with Gasteiger partial charge in [0.2, 0.25) is 5.91 Å². The summed E-state index contributed by atoms with van der Waals surface area (Å²) in [5.74, 6) is 0.670. The van der Waals surface area contributed by atoms with Gasteiger partial charge in [0.05, 0.1) is 17.3 Å². The number of nitrogens with zero attached hydrogens (tertiary/aromatic N) is 4. The maximum Gasteiger partial charge on any atom is 0.241 e. The molecule has 1 aromatic carbocycles. The Morgan fingerprint density at radius 1 is 1.11 bits per heavy atom. The molecule has 4 rings (SSSR count). The average molecular weight is 364 g/mol. The van der Waals surface area contributed by atoms with Crippen molar-refractivity contribution in [2.24, 2.45) is 5.92 Å². The molecule has 7 heteroatoms. The van der Waals surface area contributed by atoms with Gasteiger partial charge >= 0.3 is 0 Å². The third kappa shape index (κ3) is 3.49. The highest BCUT2D eigenvalue weighted by Gasteiger charge is 2.21. The molecule has 0 aliphatic heterocycles. The molecular formula is C20H24N6O. The Balaban J connectivity index is 1.57. The number of amides is 1. The van der Waals surface area contributed by atoms with Gasteiger partial charge in [-0.15, -0.1) is 0 Å². The van der Waals surface area contributed by atoms with Crippen LogP contribution in [-0.4, -0.2) is 25.7 Å². The number of rotatable bonds is 4. The topological polar surface area (TPSA) is 84.7 Å². The first kappa shape index (κ1) is 17.5. The van der Waals surface area contributed by atoms with Gasteiger partial charge in [0, 0.05) is 5.92 Å². The van der Waals surface area contributed by atoms with Crippen LogP contribution < -0.4 is 10.9 Å². The summed E-state index contributed by atoms with van der Waals surface area (Å²) in [5, 5.41) is 5.24. The highest BCUT2D eigenvalue weighted by atomic mass is 16.2. The number of fused-ring (bicyclic) bond motifs is 1. The first-order chi connectivity index (χ1) is 13.1. The quantitative estimate of drug-likeness (QED) is 0.693. The van der Waals surface area contributed by atoms with Gasteiger partial charge in [-0.2, -0.15) is 5.10 Å². The molecule has 0 atom stereocenters. The minimum atomic E-state index is 0.0306. The third-order valence-corrected chi connectivity index (χ3v) is 5.38. The van der Waals surface area contributed by atoms with E-state index in [1.54, 1.807) is 10.9 Å². The van der Waals surface area contributed by atoms with Crippen LogP contribution >= 0.6 is 0 Å². The van der Waals surface area contributed by atoms with Crippen LogP contribution in [0.25, 0.3) is 16.7 Å². The molecule has 140 valence electrons. The molecule has 3 aromatic rings. The van der Waals surface area contributed by atoms with Gasteiger partial charge in [0.1, 0.15) is 6.33 Å². The molecule has 1 saturated carbocycles. The second-order valence-corrected chi connectivity index (χ2v) is 7.23. The molecule has 7 nitrogen and oxygen atoms in total. The molecule has 0 bridgehead atoms. The minimum absolute atomic E-state index is 0.0306. The molecule has 27 heavy (non-hydrogen) atoms. The van der Waals surface area contributed by atoms with Gasteiger partial charge in [0.25, 0.3) is 0 Å². The van der Waals surface area contributed by atoms with Crippen molar-refractivity contribution in [2.45, 2.75) is 46.0 Å². The highest BCUT2D eigenvalue weighted by molar-refractivity contribution is 5.88. The molecule has 1 amide bonds. The van der Waals surface area contributed by atoms with Gasteiger partial charge in [-0.05, 0) is 49.9 Å². The first-order valence-electron chi connectivity index (χ1n) is 9.46. The fourth-order valence-electron chi connectivity index (χ4n) is 3.58. The van der Waals surface area contributed by atoms with Crippen LogP contribution in [0.2, 0.25) is 0 Å². The molecule has 0 radical (unpaired) electrons. The lowest BCUT2D eigenvalue weighted by molar-refractivity contribution is -0.125. The third-order valence-electron chi connectivity index (χ3n) is 5.38. The average Bonchev–Trinajstić information content (AvgIpc) is 3.13. The normalized spacial score (nSPS) is 15.0. The lowest BCUT2D eigenvalue weighted by atomic mass is 9.89. The SMILES string of the molecule is Cc1ccc(-n2ncc3c(NNC(=O)C4CCCCC4)ncnc32)cc1C. The van der Waals surface area contributed by atoms with Gasteiger partial charge in [0.15, 0.2) is 11.5 Å². The number of carbonyl (C=O) groups is 1. The summed E-state index contributed by atoms with van der Waals surface area (Å²) in [5.41, 5.74) is 9.85. The number of carbonyl (C=O) groups excluding carboxylic acids is 1. The van der Waals surface area contributed by atoms with E-state index in [0.29, 0.717) is 11.5 Å². The zero-order valence-corrected chi connectivity index (χ0v) is 15.7. The van der Waals surface area contributed by atoms with E-state index in [2.05, 4.69) is 51.9 Å². The van der Waals surface area contributed by atoms with E-state index in [4.69, 9.17) is 0 Å². The van der Waals surface area contributed by atoms with Gasteiger partial charge < -0.3 is 0 Å². The van der Waals surface area contributed by atoms with E-state index < -0.39 is 0 Å². The number of anilines is 1. The number of aryl methyl sites for hydroxylation is 2. The maximum absolute atomic E-state index is 12.4. The Morgan fingerprint density at radius 2 is 1.93 bits per heavy atom. The molecule has 0 spiro atoms. The molecule has 2 heterocycles. The molecule has 0 unspecified atom stereocenters. The molecular weight excluding hydrogens is 340 g/mol. The lowest BCUT2D eigenvalue weighted by Crippen LogP contribution is -2.36. The Hall–Kier alpha value is -2.96. The van der Waals surface area contributed by atoms with E-state index in [1.165, 1.54) is 23.9 Å². The summed E-state index contributed by atoms with van der Waals surface area (Å²) in [7, 11) is 0. The van der Waals surface area contributed by atoms with Crippen molar-refractivity contribution >= 4 is 22.8 Å². The van der Waals surface area contributed by atoms with Crippen molar-refractivity contribution in [3.63, 3.8) is 0 Å². The fraction of sp³-hybridized carbons (Fsp3) is 0.400. The van der Waals surface area contributed by atoms with E-state index >= 15 is 0 Å². The highest BCUT2D eigenvalue weighted by Crippen LogP contribution is 2.25. The van der Waals surface area contributed by atoms with Crippen LogP contribution in [0.5, 0.6) is 0 Å². The second-order valence-electron chi connectivity index (χ2n) is 7.23. The Labute approximate surface area is 158 Å². The predicted molar refractivity (Wildman–Crippen MR) is 104 cm³/mol. The van der Waals surface area contributed by atoms with Crippen molar-refractivity contribution in [1.29, 1.82) is 0 Å². The van der Waals surface area contributed by atoms with E-state index in [-0.39, 0.29) is 11.8 Å². The smallest absolute Gasteiger partial charge is 0.241 e. The zero-order chi connectivity index (χ0) is 18.8. The lowest BCUT2D eigenvalue weighted by Gasteiger charge is -2.21. The predicted octanol–water partition coefficient (Wildman–Crippen LogP) is 3.46. The molecule has 1 aliphatic rings. The summed E-state index contributed by atoms with van der Waals surface area (Å²) >= 11 is 0. The van der Waals surface area contributed by atoms with Crippen LogP contribution in [0.4, 0.5) is 5.82 Å². The van der Waals surface area contributed by atoms with E-state index in [9.17, 15) is 4.79 Å². The molecule has 0 saturated heterocycles. The number of nitrogens with one attached hydrogen (secondary N) is 2. The first-order valence-corrected chi connectivity index (χ1v) is 9.46. The number of aromatic nitrogens is 4. The summed E-state index contributed by atoms with van der Waals surface area (Å²) in [6.07, 6.45) is 8.59. The second kappa shape index (κ2) is 7.34. The number of benzene rings is 1. The van der Waals surface area contributed by atoms with Crippen molar-refractivity contribution in [1.82, 2.24) is 25.2 Å². The van der Waals surface area contributed by atoms with Crippen LogP contribution in [0, 0.1) is 19.8 Å². The number of hydrogen-bond acceptors (Lipinski definition) is 5. The molecule has 1 aliphatic carbocycles. The van der Waals surface area contributed by atoms with Gasteiger partial charge in [-0.1, -0.05) is 25.3 Å². The Morgan fingerprint density at radius 3 is 2.70 bits per heavy atom. The zero-order valence-electron chi connectivity index (χ0n) is 15.7. The number of hydrogen-bond donors (Lipinski definition) is 2. The van der Waals surface area contributed by atoms with Crippen molar-refractivity contribution < 1.29 is 4.79 Å². The van der Waals surface area contributed by atoms with Crippen LogP contribution in [0.1, 0.15) is 43.2 Å². The van der Waals surface area contributed by atoms with Crippen LogP contribution in [0.15, 0.2) is 30.7 Å². The molecule has 2 N–H and O–H groups in total. The standard InChI is InChI=1S/C20H24N6O/c1-13-8-9-16(10-14(13)2)26-19-17(11-23-26)18(21-12-22-19)24-25-20(27)15-6-4-3-5-7-15/h8-12,15H,3-7H2,1-2H3,(H,25,27)(H,21,22,24). The van der Waals surface area contributed by atoms with E-state index in [1.807, 2.05) is 6.07 Å². The summed E-state index contributed by atoms with van der Waals surface area (Å²) in [6.45, 7) is 4.16. The number of hydrazine groups is 1. The maximum atomic E-state index is 12.4. The minimum Gasteiger partial charge on any atom is -0.281 e. The Kier molecular flexibility index (Phi) is 4.75. The summed E-state index contributed by atoms with van der Waals surface area (Å²) in [6, 6.07) is 6.18. The fourth-order valence-corrected chi connectivity index (χ4v) is 3.58. The molecule has 1 fully saturated rings. The van der Waals surface area contributed by atoms with Gasteiger partial charge in [-0.25, -0.2) is 14.6 Å². The summed E-state index contributed by atoms with van der Waals surface area (Å²) < 4.78 is 1.79. The monoisotopic (exact) mass is 364 g/mol. The van der Waals surface area contributed by atoms with Crippen molar-refractivity contribution in [2.75, 3.05) is 5.43 Å².